The van der Waals surface area contributed by atoms with Crippen molar-refractivity contribution < 1.29 is 9.53 Å². The van der Waals surface area contributed by atoms with Gasteiger partial charge >= 0.3 is 5.97 Å². The Morgan fingerprint density at radius 3 is 3.05 bits per heavy atom. The molecule has 19 heavy (non-hydrogen) atoms. The summed E-state index contributed by atoms with van der Waals surface area (Å²) in [4.78, 5) is 11.3. The first-order valence-corrected chi connectivity index (χ1v) is 8.74. The predicted molar refractivity (Wildman–Crippen MR) is 80.5 cm³/mol. The number of carbonyl (C=O) groups excluding carboxylic acids is 1. The van der Waals surface area contributed by atoms with Crippen LogP contribution in [0.15, 0.2) is 18.3 Å². The van der Waals surface area contributed by atoms with E-state index < -0.39 is 0 Å². The van der Waals surface area contributed by atoms with Crippen molar-refractivity contribution in [2.24, 2.45) is 0 Å². The largest absolute Gasteiger partial charge is 0.469 e. The van der Waals surface area contributed by atoms with Gasteiger partial charge in [0, 0.05) is 35.9 Å². The third kappa shape index (κ3) is 2.42. The Morgan fingerprint density at radius 2 is 2.32 bits per heavy atom. The Kier molecular flexibility index (Phi) is 3.85. The predicted octanol–water partition coefficient (Wildman–Crippen LogP) is 3.41. The molecule has 3 nitrogen and oxygen atoms in total. The lowest BCUT2D eigenvalue weighted by atomic mass is 9.98. The Hall–Kier alpha value is -0.550. The quantitative estimate of drug-likeness (QED) is 0.800. The van der Waals surface area contributed by atoms with Crippen molar-refractivity contribution in [2.75, 3.05) is 18.6 Å². The molecule has 2 aliphatic heterocycles. The number of fused-ring (bicyclic) bond motifs is 2. The summed E-state index contributed by atoms with van der Waals surface area (Å²) < 4.78 is 7.43. The topological polar surface area (TPSA) is 31.2 Å². The number of ether oxygens (including phenoxy) is 1. The first-order chi connectivity index (χ1) is 9.25. The molecule has 0 radical (unpaired) electrons. The van der Waals surface area contributed by atoms with Crippen LogP contribution >= 0.6 is 23.5 Å². The van der Waals surface area contributed by atoms with Gasteiger partial charge in [-0.15, -0.1) is 23.5 Å². The lowest BCUT2D eigenvalue weighted by Gasteiger charge is -2.38. The van der Waals surface area contributed by atoms with Gasteiger partial charge in [0.2, 0.25) is 0 Å². The van der Waals surface area contributed by atoms with Gasteiger partial charge < -0.3 is 9.30 Å². The number of hydrogen-bond acceptors (Lipinski definition) is 4. The second-order valence-corrected chi connectivity index (χ2v) is 8.10. The molecule has 0 amide bonds. The summed E-state index contributed by atoms with van der Waals surface area (Å²) in [6.07, 6.45) is 5.97. The van der Waals surface area contributed by atoms with E-state index in [0.717, 1.165) is 6.42 Å². The summed E-state index contributed by atoms with van der Waals surface area (Å²) in [5.74, 6) is 2.41. The Balaban J connectivity index is 1.77. The number of methoxy groups -OCH3 is 1. The zero-order chi connectivity index (χ0) is 13.3. The van der Waals surface area contributed by atoms with Crippen molar-refractivity contribution in [3.8, 4) is 0 Å². The number of carbonyl (C=O) groups is 1. The summed E-state index contributed by atoms with van der Waals surface area (Å²) >= 11 is 4.19. The maximum Gasteiger partial charge on any atom is 0.305 e. The summed E-state index contributed by atoms with van der Waals surface area (Å²) in [6.45, 7) is 0. The van der Waals surface area contributed by atoms with E-state index in [9.17, 15) is 4.79 Å². The summed E-state index contributed by atoms with van der Waals surface area (Å²) in [6, 6.07) is 4.86. The number of nitrogens with zero attached hydrogens (tertiary/aromatic N) is 1. The highest BCUT2D eigenvalue weighted by molar-refractivity contribution is 8.20. The third-order valence-corrected chi connectivity index (χ3v) is 7.57. The average molecular weight is 297 g/mol. The molecule has 0 bridgehead atoms. The highest BCUT2D eigenvalue weighted by Gasteiger charge is 2.43. The molecule has 1 saturated heterocycles. The van der Waals surface area contributed by atoms with Gasteiger partial charge in [0.05, 0.1) is 7.11 Å². The summed E-state index contributed by atoms with van der Waals surface area (Å²) in [5.41, 5.74) is 1.45. The lowest BCUT2D eigenvalue weighted by Crippen LogP contribution is -2.29. The van der Waals surface area contributed by atoms with Gasteiger partial charge in [-0.25, -0.2) is 0 Å². The minimum atomic E-state index is -0.0985. The zero-order valence-electron chi connectivity index (χ0n) is 11.1. The minimum absolute atomic E-state index is 0.0985. The molecule has 1 fully saturated rings. The van der Waals surface area contributed by atoms with Crippen molar-refractivity contribution in [3.63, 3.8) is 0 Å². The van der Waals surface area contributed by atoms with Gasteiger partial charge in [-0.1, -0.05) is 0 Å². The summed E-state index contributed by atoms with van der Waals surface area (Å²) in [7, 11) is 1.46. The number of thioether (sulfide) groups is 2. The fourth-order valence-corrected chi connectivity index (χ4v) is 6.40. The third-order valence-electron chi connectivity index (χ3n) is 4.03. The Morgan fingerprint density at radius 1 is 1.53 bits per heavy atom. The smallest absolute Gasteiger partial charge is 0.305 e. The Bertz CT molecular complexity index is 466. The van der Waals surface area contributed by atoms with E-state index in [1.807, 2.05) is 0 Å². The van der Waals surface area contributed by atoms with Crippen molar-refractivity contribution >= 4 is 29.5 Å². The molecule has 3 rings (SSSR count). The molecule has 2 aliphatic rings. The van der Waals surface area contributed by atoms with Crippen LogP contribution in [0.3, 0.4) is 0 Å². The lowest BCUT2D eigenvalue weighted by molar-refractivity contribution is -0.140. The van der Waals surface area contributed by atoms with Gasteiger partial charge in [-0.3, -0.25) is 4.79 Å². The molecule has 1 aromatic rings. The van der Waals surface area contributed by atoms with Crippen molar-refractivity contribution in [3.05, 3.63) is 24.0 Å². The molecule has 104 valence electrons. The van der Waals surface area contributed by atoms with Gasteiger partial charge in [-0.2, -0.15) is 0 Å². The van der Waals surface area contributed by atoms with E-state index in [4.69, 9.17) is 4.74 Å². The van der Waals surface area contributed by atoms with E-state index in [0.29, 0.717) is 12.5 Å². The van der Waals surface area contributed by atoms with Crippen LogP contribution in [-0.4, -0.2) is 29.2 Å². The average Bonchev–Trinajstić information content (AvgIpc) is 3.07. The fraction of sp³-hybridized carbons (Fsp3) is 0.643. The number of aromatic nitrogens is 1. The molecule has 1 atom stereocenters. The van der Waals surface area contributed by atoms with E-state index in [-0.39, 0.29) is 10.0 Å². The van der Waals surface area contributed by atoms with Crippen LogP contribution in [-0.2, 0) is 13.6 Å². The fourth-order valence-electron chi connectivity index (χ4n) is 3.08. The number of esters is 1. The molecular formula is C14H19NO2S2. The van der Waals surface area contributed by atoms with Crippen LogP contribution in [0.25, 0.3) is 0 Å². The Labute approximate surface area is 122 Å². The molecule has 1 aromatic heterocycles. The van der Waals surface area contributed by atoms with E-state index >= 15 is 0 Å². The molecule has 0 aromatic carbocycles. The minimum Gasteiger partial charge on any atom is -0.469 e. The molecule has 0 saturated carbocycles. The van der Waals surface area contributed by atoms with Crippen molar-refractivity contribution in [2.45, 2.75) is 35.8 Å². The second kappa shape index (κ2) is 5.44. The maximum absolute atomic E-state index is 11.3. The molecule has 0 unspecified atom stereocenters. The summed E-state index contributed by atoms with van der Waals surface area (Å²) in [5, 5.41) is 0. The van der Waals surface area contributed by atoms with Gasteiger partial charge in [0.15, 0.2) is 0 Å². The molecule has 1 spiro atoms. The normalized spacial score (nSPS) is 24.4. The van der Waals surface area contributed by atoms with Crippen LogP contribution < -0.4 is 0 Å². The number of rotatable bonds is 3. The standard InChI is InChI=1S/C14H19NO2S2/c1-17-13(16)5-4-11-6-7-14(18-9-10-19-14)12-3-2-8-15(11)12/h2-3,8,11H,4-7,9-10H2,1H3/t11-/m1/s1. The van der Waals surface area contributed by atoms with Crippen LogP contribution in [0.5, 0.6) is 0 Å². The van der Waals surface area contributed by atoms with E-state index in [1.54, 1.807) is 0 Å². The zero-order valence-corrected chi connectivity index (χ0v) is 12.8. The van der Waals surface area contributed by atoms with Crippen LogP contribution in [0.2, 0.25) is 0 Å². The monoisotopic (exact) mass is 297 g/mol. The van der Waals surface area contributed by atoms with Gasteiger partial charge in [0.25, 0.3) is 0 Å². The maximum atomic E-state index is 11.3. The van der Waals surface area contributed by atoms with Crippen LogP contribution in [0.4, 0.5) is 0 Å². The van der Waals surface area contributed by atoms with Crippen molar-refractivity contribution in [1.82, 2.24) is 4.57 Å². The first-order valence-electron chi connectivity index (χ1n) is 6.77. The highest BCUT2D eigenvalue weighted by atomic mass is 32.2. The molecule has 0 N–H and O–H groups in total. The van der Waals surface area contributed by atoms with Gasteiger partial charge in [0.1, 0.15) is 4.08 Å². The molecule has 0 aliphatic carbocycles. The molecule has 5 heteroatoms. The van der Waals surface area contributed by atoms with Gasteiger partial charge in [-0.05, 0) is 31.4 Å². The second-order valence-electron chi connectivity index (χ2n) is 5.06. The van der Waals surface area contributed by atoms with E-state index in [2.05, 4.69) is 46.4 Å². The highest BCUT2D eigenvalue weighted by Crippen LogP contribution is 2.58. The van der Waals surface area contributed by atoms with Crippen LogP contribution in [0, 0.1) is 0 Å². The van der Waals surface area contributed by atoms with Crippen LogP contribution in [0.1, 0.15) is 37.4 Å². The molecule has 3 heterocycles. The first kappa shape index (κ1) is 13.4. The van der Waals surface area contributed by atoms with Crippen molar-refractivity contribution in [1.29, 1.82) is 0 Å². The SMILES string of the molecule is COC(=O)CC[C@@H]1CCC2(SCCS2)c2cccn21. The molecular weight excluding hydrogens is 278 g/mol. The van der Waals surface area contributed by atoms with E-state index in [1.165, 1.54) is 37.2 Å². The number of hydrogen-bond donors (Lipinski definition) is 0.